The number of hydrogen-bond acceptors (Lipinski definition) is 3. The molecule has 1 N–H and O–H groups in total. The Labute approximate surface area is 109 Å². The van der Waals surface area contributed by atoms with E-state index in [2.05, 4.69) is 17.1 Å². The van der Waals surface area contributed by atoms with Crippen molar-refractivity contribution in [3.8, 4) is 0 Å². The lowest BCUT2D eigenvalue weighted by molar-refractivity contribution is -0.112. The fraction of sp³-hybridized carbons (Fsp3) is 1.00. The zero-order valence-corrected chi connectivity index (χ0v) is 11.6. The maximum absolute atomic E-state index is 6.19. The predicted molar refractivity (Wildman–Crippen MR) is 73.6 cm³/mol. The summed E-state index contributed by atoms with van der Waals surface area (Å²) < 4.78 is 6.19. The molecule has 17 heavy (non-hydrogen) atoms. The van der Waals surface area contributed by atoms with Crippen LogP contribution in [0.2, 0.25) is 0 Å². The highest BCUT2D eigenvalue weighted by Crippen LogP contribution is 2.42. The average Bonchev–Trinajstić information content (AvgIpc) is 2.41. The molecule has 0 bridgehead atoms. The van der Waals surface area contributed by atoms with Crippen molar-refractivity contribution in [2.24, 2.45) is 11.8 Å². The van der Waals surface area contributed by atoms with Crippen molar-refractivity contribution >= 4 is 11.8 Å². The van der Waals surface area contributed by atoms with Crippen molar-refractivity contribution in [2.45, 2.75) is 44.1 Å². The van der Waals surface area contributed by atoms with Gasteiger partial charge < -0.3 is 10.1 Å². The Bertz CT molecular complexity index is 241. The number of rotatable bonds is 1. The van der Waals surface area contributed by atoms with E-state index in [-0.39, 0.29) is 5.60 Å². The third-order valence-electron chi connectivity index (χ3n) is 4.94. The van der Waals surface area contributed by atoms with E-state index in [1.54, 1.807) is 0 Å². The first-order chi connectivity index (χ1) is 8.38. The fourth-order valence-corrected chi connectivity index (χ4v) is 5.08. The minimum absolute atomic E-state index is 0.283. The molecule has 3 saturated heterocycles. The standard InChI is InChI=1S/C14H25NOS/c1-2-13(11-15-6-1)12-3-7-16-14(10-12)4-8-17-9-5-14/h12-13,15H,1-11H2. The zero-order valence-electron chi connectivity index (χ0n) is 10.7. The van der Waals surface area contributed by atoms with Crippen LogP contribution in [-0.4, -0.2) is 36.8 Å². The molecule has 98 valence electrons. The van der Waals surface area contributed by atoms with E-state index in [0.717, 1.165) is 18.4 Å². The Kier molecular flexibility index (Phi) is 3.98. The molecule has 3 aliphatic rings. The molecule has 0 aromatic carbocycles. The van der Waals surface area contributed by atoms with Crippen molar-refractivity contribution in [1.29, 1.82) is 0 Å². The van der Waals surface area contributed by atoms with Gasteiger partial charge in [0.25, 0.3) is 0 Å². The average molecular weight is 255 g/mol. The lowest BCUT2D eigenvalue weighted by atomic mass is 9.74. The van der Waals surface area contributed by atoms with Crippen LogP contribution in [-0.2, 0) is 4.74 Å². The Morgan fingerprint density at radius 1 is 1.12 bits per heavy atom. The SMILES string of the molecule is C1CNCC(C2CCOC3(CCSCC3)C2)C1. The Morgan fingerprint density at radius 2 is 2.00 bits per heavy atom. The van der Waals surface area contributed by atoms with Crippen molar-refractivity contribution in [3.63, 3.8) is 0 Å². The monoisotopic (exact) mass is 255 g/mol. The number of piperidine rings is 1. The van der Waals surface area contributed by atoms with Gasteiger partial charge in [0, 0.05) is 6.61 Å². The van der Waals surface area contributed by atoms with Crippen molar-refractivity contribution < 1.29 is 4.74 Å². The van der Waals surface area contributed by atoms with Crippen molar-refractivity contribution in [1.82, 2.24) is 5.32 Å². The molecule has 0 aromatic heterocycles. The molecule has 0 aliphatic carbocycles. The summed E-state index contributed by atoms with van der Waals surface area (Å²) in [6, 6.07) is 0. The molecule has 0 radical (unpaired) electrons. The summed E-state index contributed by atoms with van der Waals surface area (Å²) in [4.78, 5) is 0. The molecule has 0 aromatic rings. The minimum Gasteiger partial charge on any atom is -0.375 e. The summed E-state index contributed by atoms with van der Waals surface area (Å²) in [5.74, 6) is 4.49. The largest absolute Gasteiger partial charge is 0.375 e. The van der Waals surface area contributed by atoms with Crippen LogP contribution in [0.3, 0.4) is 0 Å². The molecule has 3 heterocycles. The smallest absolute Gasteiger partial charge is 0.0701 e. The first kappa shape index (κ1) is 12.3. The van der Waals surface area contributed by atoms with E-state index in [0.29, 0.717) is 0 Å². The van der Waals surface area contributed by atoms with Gasteiger partial charge in [0.05, 0.1) is 5.60 Å². The van der Waals surface area contributed by atoms with Gasteiger partial charge in [-0.1, -0.05) is 0 Å². The number of ether oxygens (including phenoxy) is 1. The summed E-state index contributed by atoms with van der Waals surface area (Å²) >= 11 is 2.11. The fourth-order valence-electron chi connectivity index (χ4n) is 3.84. The quantitative estimate of drug-likeness (QED) is 0.778. The second kappa shape index (κ2) is 5.50. The van der Waals surface area contributed by atoms with E-state index < -0.39 is 0 Å². The van der Waals surface area contributed by atoms with E-state index in [9.17, 15) is 0 Å². The van der Waals surface area contributed by atoms with Crippen LogP contribution in [0, 0.1) is 11.8 Å². The number of nitrogens with one attached hydrogen (secondary N) is 1. The highest BCUT2D eigenvalue weighted by atomic mass is 32.2. The molecule has 3 heteroatoms. The Hall–Kier alpha value is 0.270. The molecule has 3 fully saturated rings. The Balaban J connectivity index is 1.61. The van der Waals surface area contributed by atoms with Gasteiger partial charge in [0.1, 0.15) is 0 Å². The third kappa shape index (κ3) is 2.82. The van der Waals surface area contributed by atoms with Crippen molar-refractivity contribution in [2.75, 3.05) is 31.2 Å². The van der Waals surface area contributed by atoms with Crippen LogP contribution in [0.1, 0.15) is 38.5 Å². The highest BCUT2D eigenvalue weighted by molar-refractivity contribution is 7.99. The summed E-state index contributed by atoms with van der Waals surface area (Å²) in [6.45, 7) is 3.52. The zero-order chi connectivity index (χ0) is 11.6. The molecule has 2 nitrogen and oxygen atoms in total. The third-order valence-corrected chi connectivity index (χ3v) is 5.92. The first-order valence-electron chi connectivity index (χ1n) is 7.30. The first-order valence-corrected chi connectivity index (χ1v) is 8.46. The van der Waals surface area contributed by atoms with Crippen LogP contribution in [0.25, 0.3) is 0 Å². The molecule has 2 atom stereocenters. The normalized spacial score (nSPS) is 38.1. The maximum Gasteiger partial charge on any atom is 0.0701 e. The molecule has 0 amide bonds. The van der Waals surface area contributed by atoms with Crippen LogP contribution >= 0.6 is 11.8 Å². The van der Waals surface area contributed by atoms with Gasteiger partial charge in [0.15, 0.2) is 0 Å². The van der Waals surface area contributed by atoms with Gasteiger partial charge in [-0.05, 0) is 75.0 Å². The second-order valence-electron chi connectivity index (χ2n) is 6.00. The predicted octanol–water partition coefficient (Wildman–Crippen LogP) is 2.68. The minimum atomic E-state index is 0.283. The molecular weight excluding hydrogens is 230 g/mol. The summed E-state index contributed by atoms with van der Waals surface area (Å²) in [7, 11) is 0. The molecule has 1 spiro atoms. The van der Waals surface area contributed by atoms with Gasteiger partial charge in [-0.15, -0.1) is 0 Å². The number of thioether (sulfide) groups is 1. The van der Waals surface area contributed by atoms with E-state index in [1.807, 2.05) is 0 Å². The lowest BCUT2D eigenvalue weighted by Gasteiger charge is -2.46. The highest BCUT2D eigenvalue weighted by Gasteiger charge is 2.40. The maximum atomic E-state index is 6.19. The van der Waals surface area contributed by atoms with E-state index >= 15 is 0 Å². The van der Waals surface area contributed by atoms with Gasteiger partial charge in [-0.25, -0.2) is 0 Å². The summed E-state index contributed by atoms with van der Waals surface area (Å²) in [5, 5.41) is 3.58. The molecule has 3 rings (SSSR count). The molecule has 2 unspecified atom stereocenters. The van der Waals surface area contributed by atoms with Crippen LogP contribution in [0.5, 0.6) is 0 Å². The molecular formula is C14H25NOS. The van der Waals surface area contributed by atoms with E-state index in [4.69, 9.17) is 4.74 Å². The molecule has 0 saturated carbocycles. The summed E-state index contributed by atoms with van der Waals surface area (Å²) in [5.41, 5.74) is 0.283. The van der Waals surface area contributed by atoms with Gasteiger partial charge in [-0.3, -0.25) is 0 Å². The van der Waals surface area contributed by atoms with Gasteiger partial charge in [-0.2, -0.15) is 11.8 Å². The topological polar surface area (TPSA) is 21.3 Å². The lowest BCUT2D eigenvalue weighted by Crippen LogP contribution is -2.46. The van der Waals surface area contributed by atoms with E-state index in [1.165, 1.54) is 63.1 Å². The van der Waals surface area contributed by atoms with Crippen molar-refractivity contribution in [3.05, 3.63) is 0 Å². The second-order valence-corrected chi connectivity index (χ2v) is 7.23. The van der Waals surface area contributed by atoms with Gasteiger partial charge in [0.2, 0.25) is 0 Å². The van der Waals surface area contributed by atoms with Crippen LogP contribution in [0.15, 0.2) is 0 Å². The Morgan fingerprint density at radius 3 is 2.76 bits per heavy atom. The summed E-state index contributed by atoms with van der Waals surface area (Å²) in [6.07, 6.45) is 8.08. The molecule has 3 aliphatic heterocycles. The number of hydrogen-bond donors (Lipinski definition) is 1. The van der Waals surface area contributed by atoms with Crippen LogP contribution < -0.4 is 5.32 Å². The van der Waals surface area contributed by atoms with Gasteiger partial charge >= 0.3 is 0 Å². The van der Waals surface area contributed by atoms with Crippen LogP contribution in [0.4, 0.5) is 0 Å².